The van der Waals surface area contributed by atoms with E-state index >= 15 is 0 Å². The van der Waals surface area contributed by atoms with Gasteiger partial charge in [0.1, 0.15) is 5.60 Å². The first-order valence-electron chi connectivity index (χ1n) is 7.80. The molecule has 6 nitrogen and oxygen atoms in total. The molecule has 22 heavy (non-hydrogen) atoms. The lowest BCUT2D eigenvalue weighted by atomic mass is 9.80. The zero-order valence-electron chi connectivity index (χ0n) is 14.6. The summed E-state index contributed by atoms with van der Waals surface area (Å²) in [6, 6.07) is 2.06. The molecule has 126 valence electrons. The molecular formula is C16H28N2O4. The summed E-state index contributed by atoms with van der Waals surface area (Å²) in [5.74, 6) is -0.494. The van der Waals surface area contributed by atoms with Gasteiger partial charge in [0.15, 0.2) is 5.41 Å². The summed E-state index contributed by atoms with van der Waals surface area (Å²) in [5.41, 5.74) is -1.68. The Morgan fingerprint density at radius 1 is 1.23 bits per heavy atom. The van der Waals surface area contributed by atoms with Gasteiger partial charge in [0.2, 0.25) is 0 Å². The quantitative estimate of drug-likeness (QED) is 0.732. The van der Waals surface area contributed by atoms with Gasteiger partial charge >= 0.3 is 12.1 Å². The molecule has 0 aromatic carbocycles. The summed E-state index contributed by atoms with van der Waals surface area (Å²) >= 11 is 0. The van der Waals surface area contributed by atoms with Gasteiger partial charge in [-0.2, -0.15) is 5.26 Å². The molecule has 0 aliphatic carbocycles. The van der Waals surface area contributed by atoms with Gasteiger partial charge in [-0.05, 0) is 40.5 Å². The van der Waals surface area contributed by atoms with Gasteiger partial charge in [-0.25, -0.2) is 4.79 Å². The second-order valence-electron chi connectivity index (χ2n) is 5.88. The highest BCUT2D eigenvalue weighted by Gasteiger charge is 2.44. The Morgan fingerprint density at radius 2 is 1.73 bits per heavy atom. The first-order chi connectivity index (χ1) is 10.2. The molecule has 1 aliphatic rings. The highest BCUT2D eigenvalue weighted by Crippen LogP contribution is 2.32. The zero-order chi connectivity index (χ0) is 17.4. The average Bonchev–Trinajstić information content (AvgIpc) is 2.48. The Kier molecular flexibility index (Phi) is 7.93. The van der Waals surface area contributed by atoms with Crippen molar-refractivity contribution in [3.05, 3.63) is 0 Å². The number of ether oxygens (including phenoxy) is 2. The van der Waals surface area contributed by atoms with Crippen molar-refractivity contribution in [3.63, 3.8) is 0 Å². The number of hydrogen-bond acceptors (Lipinski definition) is 5. The van der Waals surface area contributed by atoms with Crippen molar-refractivity contribution in [1.82, 2.24) is 4.90 Å². The number of nitriles is 1. The van der Waals surface area contributed by atoms with E-state index in [0.717, 1.165) is 0 Å². The minimum atomic E-state index is -1.13. The van der Waals surface area contributed by atoms with E-state index in [2.05, 4.69) is 6.07 Å². The fourth-order valence-corrected chi connectivity index (χ4v) is 2.03. The smallest absolute Gasteiger partial charge is 0.410 e. The Hall–Kier alpha value is -1.77. The molecule has 0 radical (unpaired) electrons. The predicted octanol–water partition coefficient (Wildman–Crippen LogP) is 3.12. The maximum absolute atomic E-state index is 11.9. The summed E-state index contributed by atoms with van der Waals surface area (Å²) in [7, 11) is 0. The summed E-state index contributed by atoms with van der Waals surface area (Å²) in [4.78, 5) is 25.3. The lowest BCUT2D eigenvalue weighted by Gasteiger charge is -2.36. The van der Waals surface area contributed by atoms with Crippen molar-refractivity contribution in [2.75, 3.05) is 19.7 Å². The number of hydrogen-bond donors (Lipinski definition) is 0. The number of carbonyl (C=O) groups is 2. The molecule has 6 heteroatoms. The number of esters is 1. The van der Waals surface area contributed by atoms with E-state index in [1.807, 2.05) is 13.8 Å². The molecule has 1 amide bonds. The summed E-state index contributed by atoms with van der Waals surface area (Å²) < 4.78 is 10.2. The molecule has 1 rings (SSSR count). The minimum absolute atomic E-state index is 0.248. The second kappa shape index (κ2) is 8.62. The molecule has 0 N–H and O–H groups in total. The molecule has 0 atom stereocenters. The largest absolute Gasteiger partial charge is 0.465 e. The highest BCUT2D eigenvalue weighted by atomic mass is 16.6. The van der Waals surface area contributed by atoms with Crippen LogP contribution in [0.3, 0.4) is 0 Å². The Labute approximate surface area is 133 Å². The number of nitrogens with zero attached hydrogens (tertiary/aromatic N) is 2. The zero-order valence-corrected chi connectivity index (χ0v) is 14.6. The van der Waals surface area contributed by atoms with E-state index in [4.69, 9.17) is 9.47 Å². The molecule has 0 unspecified atom stereocenters. The van der Waals surface area contributed by atoms with Gasteiger partial charge in [0, 0.05) is 13.1 Å². The summed E-state index contributed by atoms with van der Waals surface area (Å²) in [5, 5.41) is 9.26. The normalized spacial score (nSPS) is 16.7. The lowest BCUT2D eigenvalue weighted by molar-refractivity contribution is -0.154. The van der Waals surface area contributed by atoms with Gasteiger partial charge in [-0.3, -0.25) is 4.79 Å². The summed E-state index contributed by atoms with van der Waals surface area (Å²) in [6.07, 6.45) is 0.149. The molecular weight excluding hydrogens is 284 g/mol. The molecule has 1 fully saturated rings. The van der Waals surface area contributed by atoms with Crippen LogP contribution >= 0.6 is 0 Å². The first kappa shape index (κ1) is 20.2. The van der Waals surface area contributed by atoms with Crippen molar-refractivity contribution in [2.24, 2.45) is 5.41 Å². The standard InChI is InChI=1S/C14H22N2O4.C2H6/c1-5-19-11(17)14(10-15)6-8-16(9-7-14)12(18)20-13(2,3)4;1-2/h5-9H2,1-4H3;1-2H3. The molecule has 0 spiro atoms. The topological polar surface area (TPSA) is 79.6 Å². The molecule has 0 aromatic rings. The number of rotatable bonds is 2. The van der Waals surface area contributed by atoms with Crippen molar-refractivity contribution in [1.29, 1.82) is 5.26 Å². The van der Waals surface area contributed by atoms with Gasteiger partial charge in [-0.15, -0.1) is 0 Å². The second-order valence-corrected chi connectivity index (χ2v) is 5.88. The SMILES string of the molecule is CC.CCOC(=O)C1(C#N)CCN(C(=O)OC(C)(C)C)CC1. The Bertz CT molecular complexity index is 413. The Balaban J connectivity index is 0.00000211. The lowest BCUT2D eigenvalue weighted by Crippen LogP contribution is -2.47. The number of piperidine rings is 1. The third kappa shape index (κ3) is 5.55. The van der Waals surface area contributed by atoms with Gasteiger partial charge in [-0.1, -0.05) is 13.8 Å². The van der Waals surface area contributed by atoms with Crippen molar-refractivity contribution in [2.45, 2.75) is 60.0 Å². The molecule has 0 saturated carbocycles. The van der Waals surface area contributed by atoms with Gasteiger partial charge in [0.05, 0.1) is 12.7 Å². The first-order valence-corrected chi connectivity index (χ1v) is 7.80. The van der Waals surface area contributed by atoms with Crippen LogP contribution in [0.1, 0.15) is 54.4 Å². The molecule has 1 saturated heterocycles. The van der Waals surface area contributed by atoms with Crippen LogP contribution in [0.2, 0.25) is 0 Å². The van der Waals surface area contributed by atoms with Gasteiger partial charge < -0.3 is 14.4 Å². The van der Waals surface area contributed by atoms with Crippen LogP contribution < -0.4 is 0 Å². The van der Waals surface area contributed by atoms with Crippen molar-refractivity contribution < 1.29 is 19.1 Å². The maximum Gasteiger partial charge on any atom is 0.410 e. The fourth-order valence-electron chi connectivity index (χ4n) is 2.03. The van der Waals surface area contributed by atoms with Crippen LogP contribution in [0.25, 0.3) is 0 Å². The third-order valence-electron chi connectivity index (χ3n) is 3.15. The molecule has 0 aromatic heterocycles. The van der Waals surface area contributed by atoms with Crippen LogP contribution in [-0.4, -0.2) is 42.3 Å². The Morgan fingerprint density at radius 3 is 2.09 bits per heavy atom. The third-order valence-corrected chi connectivity index (χ3v) is 3.15. The van der Waals surface area contributed by atoms with E-state index in [0.29, 0.717) is 13.1 Å². The molecule has 0 bridgehead atoms. The van der Waals surface area contributed by atoms with E-state index in [1.165, 1.54) is 4.90 Å². The minimum Gasteiger partial charge on any atom is -0.465 e. The molecule has 1 aliphatic heterocycles. The van der Waals surface area contributed by atoms with Crippen LogP contribution in [0.5, 0.6) is 0 Å². The summed E-state index contributed by atoms with van der Waals surface area (Å²) in [6.45, 7) is 12.0. The van der Waals surface area contributed by atoms with Crippen LogP contribution in [-0.2, 0) is 14.3 Å². The van der Waals surface area contributed by atoms with Crippen LogP contribution in [0.15, 0.2) is 0 Å². The van der Waals surface area contributed by atoms with E-state index < -0.39 is 23.1 Å². The van der Waals surface area contributed by atoms with Crippen molar-refractivity contribution >= 4 is 12.1 Å². The fraction of sp³-hybridized carbons (Fsp3) is 0.812. The number of carbonyl (C=O) groups excluding carboxylic acids is 2. The van der Waals surface area contributed by atoms with E-state index in [9.17, 15) is 14.9 Å². The van der Waals surface area contributed by atoms with Gasteiger partial charge in [0.25, 0.3) is 0 Å². The monoisotopic (exact) mass is 312 g/mol. The van der Waals surface area contributed by atoms with Crippen LogP contribution in [0.4, 0.5) is 4.79 Å². The number of amides is 1. The number of likely N-dealkylation sites (tertiary alicyclic amines) is 1. The highest BCUT2D eigenvalue weighted by molar-refractivity contribution is 5.80. The van der Waals surface area contributed by atoms with E-state index in [1.54, 1.807) is 27.7 Å². The van der Waals surface area contributed by atoms with Crippen LogP contribution in [0, 0.1) is 16.7 Å². The predicted molar refractivity (Wildman–Crippen MR) is 83.1 cm³/mol. The van der Waals surface area contributed by atoms with Crippen molar-refractivity contribution in [3.8, 4) is 6.07 Å². The maximum atomic E-state index is 11.9. The van der Waals surface area contributed by atoms with E-state index in [-0.39, 0.29) is 19.4 Å². The molecule has 1 heterocycles. The average molecular weight is 312 g/mol.